The Bertz CT molecular complexity index is 539. The standard InChI is InChI=1S/C10H10FN5O/c11-9-4-13-2-1-8(9)10(17)6-16-5-7(3-12)14-15-16/h1-2,4-5H,3,6,12H2. The average molecular weight is 235 g/mol. The largest absolute Gasteiger partial charge is 0.325 e. The predicted molar refractivity (Wildman–Crippen MR) is 56.4 cm³/mol. The van der Waals surface area contributed by atoms with Crippen LogP contribution < -0.4 is 5.73 Å². The fourth-order valence-corrected chi connectivity index (χ4v) is 1.34. The van der Waals surface area contributed by atoms with Crippen LogP contribution in [0.25, 0.3) is 0 Å². The molecule has 6 nitrogen and oxygen atoms in total. The van der Waals surface area contributed by atoms with Crippen LogP contribution in [0.15, 0.2) is 24.7 Å². The number of halogens is 1. The monoisotopic (exact) mass is 235 g/mol. The first-order chi connectivity index (χ1) is 8.20. The van der Waals surface area contributed by atoms with E-state index in [0.29, 0.717) is 5.69 Å². The van der Waals surface area contributed by atoms with Crippen LogP contribution >= 0.6 is 0 Å². The second-order valence-corrected chi connectivity index (χ2v) is 3.39. The molecule has 0 saturated heterocycles. The molecule has 0 aliphatic rings. The molecule has 17 heavy (non-hydrogen) atoms. The smallest absolute Gasteiger partial charge is 0.187 e. The number of aromatic nitrogens is 4. The van der Waals surface area contributed by atoms with Crippen molar-refractivity contribution >= 4 is 5.78 Å². The zero-order valence-electron chi connectivity index (χ0n) is 8.88. The van der Waals surface area contributed by atoms with Gasteiger partial charge in [-0.25, -0.2) is 9.07 Å². The SMILES string of the molecule is NCc1cn(CC(=O)c2ccncc2F)nn1. The number of hydrogen-bond donors (Lipinski definition) is 1. The van der Waals surface area contributed by atoms with Crippen LogP contribution in [0, 0.1) is 5.82 Å². The Balaban J connectivity index is 2.14. The minimum absolute atomic E-state index is 0.00945. The van der Waals surface area contributed by atoms with Gasteiger partial charge in [0.25, 0.3) is 0 Å². The number of nitrogens with two attached hydrogens (primary N) is 1. The third-order valence-electron chi connectivity index (χ3n) is 2.17. The quantitative estimate of drug-likeness (QED) is 0.762. The number of ketones is 1. The van der Waals surface area contributed by atoms with Crippen molar-refractivity contribution in [2.24, 2.45) is 5.73 Å². The zero-order valence-corrected chi connectivity index (χ0v) is 8.88. The van der Waals surface area contributed by atoms with Gasteiger partial charge in [0.1, 0.15) is 6.54 Å². The third-order valence-corrected chi connectivity index (χ3v) is 2.17. The van der Waals surface area contributed by atoms with Crippen molar-refractivity contribution in [3.05, 3.63) is 41.7 Å². The van der Waals surface area contributed by atoms with E-state index in [0.717, 1.165) is 6.20 Å². The van der Waals surface area contributed by atoms with Crippen LogP contribution in [0.3, 0.4) is 0 Å². The molecule has 2 aromatic heterocycles. The van der Waals surface area contributed by atoms with E-state index in [9.17, 15) is 9.18 Å². The molecule has 0 radical (unpaired) electrons. The molecule has 0 atom stereocenters. The normalized spacial score (nSPS) is 10.5. The minimum Gasteiger partial charge on any atom is -0.325 e. The molecule has 88 valence electrons. The van der Waals surface area contributed by atoms with E-state index in [1.807, 2.05) is 0 Å². The van der Waals surface area contributed by atoms with Gasteiger partial charge in [0, 0.05) is 12.7 Å². The van der Waals surface area contributed by atoms with E-state index in [-0.39, 0.29) is 18.7 Å². The molecule has 2 rings (SSSR count). The molecule has 0 aliphatic carbocycles. The lowest BCUT2D eigenvalue weighted by atomic mass is 10.1. The minimum atomic E-state index is -0.642. The Kier molecular flexibility index (Phi) is 3.20. The van der Waals surface area contributed by atoms with E-state index >= 15 is 0 Å². The number of Topliss-reactive ketones (excluding diaryl/α,β-unsaturated/α-hetero) is 1. The van der Waals surface area contributed by atoms with Gasteiger partial charge >= 0.3 is 0 Å². The highest BCUT2D eigenvalue weighted by Gasteiger charge is 2.12. The number of rotatable bonds is 4. The number of carbonyl (C=O) groups is 1. The number of nitrogens with zero attached hydrogens (tertiary/aromatic N) is 4. The second-order valence-electron chi connectivity index (χ2n) is 3.39. The summed E-state index contributed by atoms with van der Waals surface area (Å²) in [6.07, 6.45) is 3.92. The van der Waals surface area contributed by atoms with Gasteiger partial charge < -0.3 is 5.73 Å². The van der Waals surface area contributed by atoms with E-state index in [1.54, 1.807) is 6.20 Å². The topological polar surface area (TPSA) is 86.7 Å². The second kappa shape index (κ2) is 4.79. The van der Waals surface area contributed by atoms with Crippen LogP contribution in [0.2, 0.25) is 0 Å². The molecule has 0 fully saturated rings. The van der Waals surface area contributed by atoms with Crippen LogP contribution in [0.4, 0.5) is 4.39 Å². The van der Waals surface area contributed by atoms with E-state index < -0.39 is 11.6 Å². The lowest BCUT2D eigenvalue weighted by Gasteiger charge is -2.01. The van der Waals surface area contributed by atoms with Crippen LogP contribution in [0.5, 0.6) is 0 Å². The molecular formula is C10H10FN5O. The Morgan fingerprint density at radius 1 is 1.53 bits per heavy atom. The maximum atomic E-state index is 13.3. The zero-order chi connectivity index (χ0) is 12.3. The van der Waals surface area contributed by atoms with Crippen molar-refractivity contribution in [3.8, 4) is 0 Å². The number of carbonyl (C=O) groups excluding carboxylic acids is 1. The highest BCUT2D eigenvalue weighted by atomic mass is 19.1. The summed E-state index contributed by atoms with van der Waals surface area (Å²) in [6, 6.07) is 1.33. The first-order valence-electron chi connectivity index (χ1n) is 4.92. The molecule has 2 N–H and O–H groups in total. The van der Waals surface area contributed by atoms with Gasteiger partial charge in [-0.2, -0.15) is 0 Å². The highest BCUT2D eigenvalue weighted by molar-refractivity contribution is 5.95. The van der Waals surface area contributed by atoms with Crippen molar-refractivity contribution in [1.82, 2.24) is 20.0 Å². The summed E-state index contributed by atoms with van der Waals surface area (Å²) in [4.78, 5) is 15.3. The van der Waals surface area contributed by atoms with E-state index in [4.69, 9.17) is 5.73 Å². The molecule has 2 aromatic rings. The van der Waals surface area contributed by atoms with Gasteiger partial charge in [0.2, 0.25) is 0 Å². The van der Waals surface area contributed by atoms with Crippen molar-refractivity contribution in [2.45, 2.75) is 13.1 Å². The summed E-state index contributed by atoms with van der Waals surface area (Å²) >= 11 is 0. The molecule has 7 heteroatoms. The summed E-state index contributed by atoms with van der Waals surface area (Å²) in [7, 11) is 0. The van der Waals surface area contributed by atoms with Crippen molar-refractivity contribution in [1.29, 1.82) is 0 Å². The molecule has 0 spiro atoms. The van der Waals surface area contributed by atoms with Crippen LogP contribution in [-0.4, -0.2) is 25.8 Å². The van der Waals surface area contributed by atoms with E-state index in [1.165, 1.54) is 16.9 Å². The lowest BCUT2D eigenvalue weighted by Crippen LogP contribution is -2.12. The first-order valence-corrected chi connectivity index (χ1v) is 4.92. The summed E-state index contributed by atoms with van der Waals surface area (Å²) in [5.41, 5.74) is 5.93. The summed E-state index contributed by atoms with van der Waals surface area (Å²) in [5.74, 6) is -1.03. The molecule has 0 aromatic carbocycles. The maximum Gasteiger partial charge on any atom is 0.187 e. The molecular weight excluding hydrogens is 225 g/mol. The molecule has 2 heterocycles. The first kappa shape index (κ1) is 11.3. The Morgan fingerprint density at radius 3 is 3.00 bits per heavy atom. The Morgan fingerprint density at radius 2 is 2.35 bits per heavy atom. The van der Waals surface area contributed by atoms with Crippen molar-refractivity contribution in [2.75, 3.05) is 0 Å². The van der Waals surface area contributed by atoms with Gasteiger partial charge in [-0.05, 0) is 6.07 Å². The number of hydrogen-bond acceptors (Lipinski definition) is 5. The Labute approximate surface area is 96.3 Å². The van der Waals surface area contributed by atoms with Gasteiger partial charge in [0.15, 0.2) is 11.6 Å². The van der Waals surface area contributed by atoms with Gasteiger partial charge in [-0.1, -0.05) is 5.21 Å². The molecule has 0 aliphatic heterocycles. The summed E-state index contributed by atoms with van der Waals surface area (Å²) in [6.45, 7) is 0.172. The van der Waals surface area contributed by atoms with Crippen molar-refractivity contribution < 1.29 is 9.18 Å². The van der Waals surface area contributed by atoms with Gasteiger partial charge in [0.05, 0.1) is 23.7 Å². The molecule has 0 saturated carbocycles. The summed E-state index contributed by atoms with van der Waals surface area (Å²) < 4.78 is 14.6. The maximum absolute atomic E-state index is 13.3. The molecule has 0 bridgehead atoms. The Hall–Kier alpha value is -2.15. The number of pyridine rings is 1. The average Bonchev–Trinajstić information content (AvgIpc) is 2.77. The van der Waals surface area contributed by atoms with Crippen LogP contribution in [0.1, 0.15) is 16.1 Å². The van der Waals surface area contributed by atoms with Gasteiger partial charge in [-0.15, -0.1) is 5.10 Å². The van der Waals surface area contributed by atoms with Crippen LogP contribution in [-0.2, 0) is 13.1 Å². The fourth-order valence-electron chi connectivity index (χ4n) is 1.34. The molecule has 0 amide bonds. The summed E-state index contributed by atoms with van der Waals surface area (Å²) in [5, 5.41) is 7.44. The lowest BCUT2D eigenvalue weighted by molar-refractivity contribution is 0.0963. The predicted octanol–water partition coefficient (Wildman–Crippen LogP) is 0.154. The molecule has 0 unspecified atom stereocenters. The van der Waals surface area contributed by atoms with Crippen molar-refractivity contribution in [3.63, 3.8) is 0 Å². The van der Waals surface area contributed by atoms with Gasteiger partial charge in [-0.3, -0.25) is 9.78 Å². The fraction of sp³-hybridized carbons (Fsp3) is 0.200. The highest BCUT2D eigenvalue weighted by Crippen LogP contribution is 2.06. The van der Waals surface area contributed by atoms with E-state index in [2.05, 4.69) is 15.3 Å². The third kappa shape index (κ3) is 2.51.